The number of hydrogen-bond donors (Lipinski definition) is 2. The molecule has 0 aliphatic carbocycles. The van der Waals surface area contributed by atoms with Crippen LogP contribution in [-0.2, 0) is 17.8 Å². The zero-order chi connectivity index (χ0) is 21.8. The number of carbonyl (C=O) groups is 2. The number of nitrogens with one attached hydrogen (secondary N) is 2. The van der Waals surface area contributed by atoms with Gasteiger partial charge < -0.3 is 5.32 Å². The van der Waals surface area contributed by atoms with Gasteiger partial charge in [-0.1, -0.05) is 29.8 Å². The summed E-state index contributed by atoms with van der Waals surface area (Å²) in [6.07, 6.45) is 2.00. The van der Waals surface area contributed by atoms with Crippen LogP contribution in [0.3, 0.4) is 0 Å². The van der Waals surface area contributed by atoms with Crippen LogP contribution in [0.2, 0.25) is 5.02 Å². The van der Waals surface area contributed by atoms with Crippen LogP contribution in [0.1, 0.15) is 4.88 Å². The van der Waals surface area contributed by atoms with E-state index in [0.717, 1.165) is 15.3 Å². The number of fused-ring (bicyclic) bond motifs is 1. The highest BCUT2D eigenvalue weighted by Crippen LogP contribution is 2.31. The summed E-state index contributed by atoms with van der Waals surface area (Å²) in [7, 11) is 0. The van der Waals surface area contributed by atoms with Gasteiger partial charge in [0, 0.05) is 21.3 Å². The first-order valence-electron chi connectivity index (χ1n) is 9.34. The Hall–Kier alpha value is -3.01. The Bertz CT molecular complexity index is 1280. The molecule has 0 saturated carbocycles. The number of halogens is 1. The molecule has 7 nitrogen and oxygen atoms in total. The molecule has 4 rings (SSSR count). The minimum Gasteiger partial charge on any atom is -0.337 e. The van der Waals surface area contributed by atoms with Crippen LogP contribution >= 0.6 is 34.3 Å². The molecule has 0 aliphatic heterocycles. The average molecular weight is 473 g/mol. The second-order valence-corrected chi connectivity index (χ2v) is 9.16. The van der Waals surface area contributed by atoms with Crippen molar-refractivity contribution in [3.05, 3.63) is 74.4 Å². The number of carbonyl (C=O) groups excluding carboxylic acids is 2. The van der Waals surface area contributed by atoms with Gasteiger partial charge in [-0.3, -0.25) is 19.5 Å². The molecule has 31 heavy (non-hydrogen) atoms. The number of imide groups is 1. The molecule has 0 saturated heterocycles. The lowest BCUT2D eigenvalue weighted by Gasteiger charge is -2.07. The maximum Gasteiger partial charge on any atom is 0.321 e. The molecule has 0 bridgehead atoms. The SMILES string of the molecule is O=C(Cn1cnc2cc(-c3ccc(Cl)cc3)sc2c1=O)NC(=O)NCCc1cccs1. The quantitative estimate of drug-likeness (QED) is 0.445. The third-order valence-electron chi connectivity index (χ3n) is 4.44. The number of benzene rings is 1. The summed E-state index contributed by atoms with van der Waals surface area (Å²) in [5, 5.41) is 7.47. The van der Waals surface area contributed by atoms with Gasteiger partial charge in [-0.2, -0.15) is 0 Å². The van der Waals surface area contributed by atoms with Gasteiger partial charge >= 0.3 is 6.03 Å². The molecule has 10 heteroatoms. The van der Waals surface area contributed by atoms with Crippen LogP contribution in [-0.4, -0.2) is 28.0 Å². The summed E-state index contributed by atoms with van der Waals surface area (Å²) in [6, 6.07) is 12.5. The van der Waals surface area contributed by atoms with Crippen molar-refractivity contribution in [2.75, 3.05) is 6.54 Å². The first-order valence-corrected chi connectivity index (χ1v) is 11.4. The molecule has 0 unspecified atom stereocenters. The molecule has 3 aromatic heterocycles. The summed E-state index contributed by atoms with van der Waals surface area (Å²) in [5.74, 6) is -0.591. The fourth-order valence-electron chi connectivity index (χ4n) is 2.93. The highest BCUT2D eigenvalue weighted by atomic mass is 35.5. The van der Waals surface area contributed by atoms with E-state index in [9.17, 15) is 14.4 Å². The first-order chi connectivity index (χ1) is 15.0. The lowest BCUT2D eigenvalue weighted by Crippen LogP contribution is -2.42. The molecule has 0 fully saturated rings. The largest absolute Gasteiger partial charge is 0.337 e. The molecule has 2 N–H and O–H groups in total. The van der Waals surface area contributed by atoms with Crippen molar-refractivity contribution in [3.63, 3.8) is 0 Å². The maximum absolute atomic E-state index is 12.8. The molecule has 158 valence electrons. The summed E-state index contributed by atoms with van der Waals surface area (Å²) in [5.41, 5.74) is 1.15. The summed E-state index contributed by atoms with van der Waals surface area (Å²) in [6.45, 7) is 0.115. The van der Waals surface area contributed by atoms with Crippen LogP contribution in [0.15, 0.2) is 59.0 Å². The minimum atomic E-state index is -0.593. The van der Waals surface area contributed by atoms with Crippen molar-refractivity contribution < 1.29 is 9.59 Å². The number of amides is 3. The summed E-state index contributed by atoms with van der Waals surface area (Å²) < 4.78 is 1.64. The lowest BCUT2D eigenvalue weighted by molar-refractivity contribution is -0.120. The molecule has 3 heterocycles. The second-order valence-electron chi connectivity index (χ2n) is 6.64. The zero-order valence-electron chi connectivity index (χ0n) is 16.1. The first kappa shape index (κ1) is 21.2. The van der Waals surface area contributed by atoms with Crippen molar-refractivity contribution in [3.8, 4) is 10.4 Å². The van der Waals surface area contributed by atoms with E-state index in [2.05, 4.69) is 15.6 Å². The third-order valence-corrected chi connectivity index (χ3v) is 6.79. The molecule has 0 aliphatic rings. The highest BCUT2D eigenvalue weighted by Gasteiger charge is 2.14. The molecule has 0 spiro atoms. The Morgan fingerprint density at radius 2 is 1.97 bits per heavy atom. The van der Waals surface area contributed by atoms with Crippen LogP contribution in [0.5, 0.6) is 0 Å². The molecular formula is C21H17ClN4O3S2. The van der Waals surface area contributed by atoms with E-state index in [1.54, 1.807) is 23.5 Å². The summed E-state index contributed by atoms with van der Waals surface area (Å²) in [4.78, 5) is 43.2. The maximum atomic E-state index is 12.8. The van der Waals surface area contributed by atoms with Gasteiger partial charge in [0.05, 0.1) is 11.8 Å². The van der Waals surface area contributed by atoms with Gasteiger partial charge in [0.1, 0.15) is 11.2 Å². The van der Waals surface area contributed by atoms with Crippen LogP contribution in [0, 0.1) is 0 Å². The van der Waals surface area contributed by atoms with Crippen LogP contribution in [0.25, 0.3) is 20.7 Å². The number of nitrogens with zero attached hydrogens (tertiary/aromatic N) is 2. The van der Waals surface area contributed by atoms with Crippen molar-refractivity contribution in [2.24, 2.45) is 0 Å². The smallest absolute Gasteiger partial charge is 0.321 e. The van der Waals surface area contributed by atoms with E-state index >= 15 is 0 Å². The summed E-state index contributed by atoms with van der Waals surface area (Å²) >= 11 is 8.84. The van der Waals surface area contributed by atoms with Crippen molar-refractivity contribution in [1.29, 1.82) is 0 Å². The highest BCUT2D eigenvalue weighted by molar-refractivity contribution is 7.22. The fourth-order valence-corrected chi connectivity index (χ4v) is 4.83. The van der Waals surface area contributed by atoms with E-state index in [1.165, 1.54) is 22.2 Å². The average Bonchev–Trinajstić information content (AvgIpc) is 3.41. The van der Waals surface area contributed by atoms with Gasteiger partial charge in [-0.05, 0) is 41.6 Å². The Morgan fingerprint density at radius 1 is 1.16 bits per heavy atom. The number of urea groups is 1. The van der Waals surface area contributed by atoms with Gasteiger partial charge in [0.2, 0.25) is 5.91 Å². The van der Waals surface area contributed by atoms with Gasteiger partial charge in [0.15, 0.2) is 0 Å². The Kier molecular flexibility index (Phi) is 6.45. The van der Waals surface area contributed by atoms with Gasteiger partial charge in [-0.25, -0.2) is 9.78 Å². The molecule has 4 aromatic rings. The Balaban J connectivity index is 1.40. The molecule has 0 atom stereocenters. The number of aromatic nitrogens is 2. The molecule has 0 radical (unpaired) electrons. The molecule has 3 amide bonds. The predicted molar refractivity (Wildman–Crippen MR) is 124 cm³/mol. The van der Waals surface area contributed by atoms with Crippen molar-refractivity contribution in [1.82, 2.24) is 20.2 Å². The zero-order valence-corrected chi connectivity index (χ0v) is 18.5. The second kappa shape index (κ2) is 9.42. The third kappa shape index (κ3) is 5.19. The Labute approximate surface area is 190 Å². The monoisotopic (exact) mass is 472 g/mol. The number of rotatable bonds is 6. The predicted octanol–water partition coefficient (Wildman–Crippen LogP) is 3.91. The Morgan fingerprint density at radius 3 is 2.71 bits per heavy atom. The standard InChI is InChI=1S/C21H17ClN4O3S2/c22-14-5-3-13(4-6-14)17-10-16-19(31-17)20(28)26(12-24-16)11-18(27)25-21(29)23-8-7-15-2-1-9-30-15/h1-6,9-10,12H,7-8,11H2,(H2,23,25,27,29). The van der Waals surface area contributed by atoms with Crippen molar-refractivity contribution in [2.45, 2.75) is 13.0 Å². The lowest BCUT2D eigenvalue weighted by atomic mass is 10.2. The normalized spacial score (nSPS) is 10.9. The number of hydrogen-bond acceptors (Lipinski definition) is 6. The minimum absolute atomic E-state index is 0.297. The van der Waals surface area contributed by atoms with E-state index < -0.39 is 11.9 Å². The van der Waals surface area contributed by atoms with E-state index in [1.807, 2.05) is 35.7 Å². The topological polar surface area (TPSA) is 93.1 Å². The molecule has 1 aromatic carbocycles. The number of thiophene rings is 2. The van der Waals surface area contributed by atoms with E-state index in [0.29, 0.717) is 28.2 Å². The van der Waals surface area contributed by atoms with Crippen molar-refractivity contribution >= 4 is 56.4 Å². The fraction of sp³-hybridized carbons (Fsp3) is 0.143. The molecular weight excluding hydrogens is 456 g/mol. The van der Waals surface area contributed by atoms with Crippen LogP contribution < -0.4 is 16.2 Å². The van der Waals surface area contributed by atoms with E-state index in [4.69, 9.17) is 11.6 Å². The van der Waals surface area contributed by atoms with Gasteiger partial charge in [-0.15, -0.1) is 22.7 Å². The van der Waals surface area contributed by atoms with Crippen LogP contribution in [0.4, 0.5) is 4.79 Å². The van der Waals surface area contributed by atoms with E-state index in [-0.39, 0.29) is 12.1 Å². The van der Waals surface area contributed by atoms with Gasteiger partial charge in [0.25, 0.3) is 5.56 Å².